The van der Waals surface area contributed by atoms with Gasteiger partial charge >= 0.3 is 0 Å². The molecule has 3 nitrogen and oxygen atoms in total. The minimum atomic E-state index is -0.813. The lowest BCUT2D eigenvalue weighted by Crippen LogP contribution is -2.38. The molecule has 0 fully saturated rings. The van der Waals surface area contributed by atoms with Crippen LogP contribution in [0.3, 0.4) is 0 Å². The van der Waals surface area contributed by atoms with Crippen LogP contribution in [0.4, 0.5) is 0 Å². The zero-order chi connectivity index (χ0) is 16.4. The van der Waals surface area contributed by atoms with Gasteiger partial charge in [-0.25, -0.2) is 0 Å². The highest BCUT2D eigenvalue weighted by Crippen LogP contribution is 2.23. The van der Waals surface area contributed by atoms with E-state index >= 15 is 0 Å². The van der Waals surface area contributed by atoms with Gasteiger partial charge in [0.15, 0.2) is 0 Å². The Hall–Kier alpha value is -0.380. The highest BCUT2D eigenvalue weighted by atomic mass is 16.9. The predicted octanol–water partition coefficient (Wildman–Crippen LogP) is 5.69. The molecule has 0 saturated carbocycles. The Kier molecular flexibility index (Phi) is 19.3. The number of allylic oxidation sites excluding steroid dienone is 1. The Morgan fingerprint density at radius 3 is 1.67 bits per heavy atom. The summed E-state index contributed by atoms with van der Waals surface area (Å²) in [6.45, 7) is 12.7. The van der Waals surface area contributed by atoms with Crippen LogP contribution in [0, 0.1) is 0 Å². The first-order chi connectivity index (χ1) is 10.2. The van der Waals surface area contributed by atoms with E-state index in [4.69, 9.17) is 14.2 Å². The van der Waals surface area contributed by atoms with Crippen LogP contribution in [0.2, 0.25) is 0 Å². The van der Waals surface area contributed by atoms with Crippen LogP contribution in [0.5, 0.6) is 0 Å². The van der Waals surface area contributed by atoms with Crippen molar-refractivity contribution in [3.63, 3.8) is 0 Å². The zero-order valence-electron chi connectivity index (χ0n) is 15.1. The Bertz CT molecular complexity index is 199. The summed E-state index contributed by atoms with van der Waals surface area (Å²) in [7, 11) is 1.66. The highest BCUT2D eigenvalue weighted by molar-refractivity contribution is 4.58. The summed E-state index contributed by atoms with van der Waals surface area (Å²) >= 11 is 0. The summed E-state index contributed by atoms with van der Waals surface area (Å²) in [5.74, 6) is -0.813. The maximum Gasteiger partial charge on any atom is 0.282 e. The maximum atomic E-state index is 5.62. The Morgan fingerprint density at radius 1 is 0.857 bits per heavy atom. The zero-order valence-corrected chi connectivity index (χ0v) is 15.1. The molecule has 0 bridgehead atoms. The van der Waals surface area contributed by atoms with Gasteiger partial charge in [-0.05, 0) is 27.2 Å². The third kappa shape index (κ3) is 14.3. The highest BCUT2D eigenvalue weighted by Gasteiger charge is 2.30. The number of ether oxygens (including phenoxy) is 3. The van der Waals surface area contributed by atoms with Gasteiger partial charge < -0.3 is 14.2 Å². The third-order valence-corrected chi connectivity index (χ3v) is 3.13. The molecule has 0 spiro atoms. The van der Waals surface area contributed by atoms with E-state index in [0.717, 1.165) is 12.8 Å². The molecule has 0 aromatic rings. The van der Waals surface area contributed by atoms with E-state index in [2.05, 4.69) is 13.5 Å². The molecule has 0 rings (SSSR count). The summed E-state index contributed by atoms with van der Waals surface area (Å²) in [6.07, 6.45) is 11.6. The molecule has 0 aliphatic carbocycles. The maximum absolute atomic E-state index is 5.62. The average Bonchev–Trinajstić information content (AvgIpc) is 2.47. The molecule has 0 saturated heterocycles. The van der Waals surface area contributed by atoms with Crippen LogP contribution in [0.1, 0.15) is 79.1 Å². The molecule has 0 atom stereocenters. The Balaban J connectivity index is 0. The first-order valence-electron chi connectivity index (χ1n) is 8.56. The number of unbranched alkanes of at least 4 members (excludes halogenated alkanes) is 6. The number of hydrogen-bond acceptors (Lipinski definition) is 3. The van der Waals surface area contributed by atoms with Gasteiger partial charge in [-0.2, -0.15) is 0 Å². The van der Waals surface area contributed by atoms with Crippen molar-refractivity contribution in [3.05, 3.63) is 12.7 Å². The van der Waals surface area contributed by atoms with Crippen molar-refractivity contribution in [2.24, 2.45) is 0 Å². The largest absolute Gasteiger partial charge is 0.331 e. The predicted molar refractivity (Wildman–Crippen MR) is 91.5 cm³/mol. The third-order valence-electron chi connectivity index (χ3n) is 3.13. The second-order valence-corrected chi connectivity index (χ2v) is 5.03. The van der Waals surface area contributed by atoms with E-state index in [9.17, 15) is 0 Å². The van der Waals surface area contributed by atoms with Gasteiger partial charge in [-0.15, -0.1) is 6.58 Å². The Labute approximate surface area is 133 Å². The van der Waals surface area contributed by atoms with E-state index in [-0.39, 0.29) is 0 Å². The molecule has 0 amide bonds. The fourth-order valence-electron chi connectivity index (χ4n) is 2.14. The first kappa shape index (κ1) is 22.9. The second kappa shape index (κ2) is 17.7. The summed E-state index contributed by atoms with van der Waals surface area (Å²) in [5, 5.41) is 0. The topological polar surface area (TPSA) is 27.7 Å². The van der Waals surface area contributed by atoms with Crippen LogP contribution >= 0.6 is 0 Å². The van der Waals surface area contributed by atoms with Gasteiger partial charge in [0.05, 0.1) is 0 Å². The van der Waals surface area contributed by atoms with Crippen LogP contribution in [0.25, 0.3) is 0 Å². The van der Waals surface area contributed by atoms with Crippen molar-refractivity contribution < 1.29 is 14.2 Å². The summed E-state index contributed by atoms with van der Waals surface area (Å²) in [6, 6.07) is 0. The molecule has 0 aliphatic heterocycles. The van der Waals surface area contributed by atoms with Crippen LogP contribution in [0.15, 0.2) is 12.7 Å². The molecule has 0 heterocycles. The fourth-order valence-corrected chi connectivity index (χ4v) is 2.14. The van der Waals surface area contributed by atoms with Gasteiger partial charge in [-0.3, -0.25) is 0 Å². The van der Waals surface area contributed by atoms with Crippen molar-refractivity contribution in [2.45, 2.75) is 85.0 Å². The van der Waals surface area contributed by atoms with E-state index in [0.29, 0.717) is 13.2 Å². The molecule has 128 valence electrons. The molecule has 0 aromatic carbocycles. The number of methoxy groups -OCH3 is 1. The second-order valence-electron chi connectivity index (χ2n) is 5.03. The van der Waals surface area contributed by atoms with Crippen molar-refractivity contribution in [3.8, 4) is 0 Å². The quantitative estimate of drug-likeness (QED) is 0.248. The van der Waals surface area contributed by atoms with E-state index in [1.165, 1.54) is 38.5 Å². The number of rotatable bonds is 13. The lowest BCUT2D eigenvalue weighted by Gasteiger charge is -2.31. The SMILES string of the molecule is C=CC.CCCCCCCCCC(OC)(OCC)OCC. The molecule has 0 aliphatic rings. The van der Waals surface area contributed by atoms with Crippen molar-refractivity contribution in [1.29, 1.82) is 0 Å². The molecular formula is C18H38O3. The fraction of sp³-hybridized carbons (Fsp3) is 0.889. The van der Waals surface area contributed by atoms with E-state index in [1.807, 2.05) is 20.8 Å². The first-order valence-corrected chi connectivity index (χ1v) is 8.56. The van der Waals surface area contributed by atoms with E-state index in [1.54, 1.807) is 13.2 Å². The van der Waals surface area contributed by atoms with Crippen molar-refractivity contribution >= 4 is 0 Å². The summed E-state index contributed by atoms with van der Waals surface area (Å²) < 4.78 is 16.7. The minimum absolute atomic E-state index is 0.615. The molecule has 0 unspecified atom stereocenters. The standard InChI is InChI=1S/C15H32O3.C3H6/c1-5-8-9-10-11-12-13-14-15(16-4,17-6-2)18-7-3;1-3-2/h5-14H2,1-4H3;3H,1H2,2H3. The summed E-state index contributed by atoms with van der Waals surface area (Å²) in [5.41, 5.74) is 0. The smallest absolute Gasteiger partial charge is 0.282 e. The van der Waals surface area contributed by atoms with Crippen molar-refractivity contribution in [2.75, 3.05) is 20.3 Å². The van der Waals surface area contributed by atoms with Gasteiger partial charge in [0.25, 0.3) is 5.97 Å². The molecule has 21 heavy (non-hydrogen) atoms. The van der Waals surface area contributed by atoms with Crippen LogP contribution in [-0.4, -0.2) is 26.3 Å². The monoisotopic (exact) mass is 302 g/mol. The minimum Gasteiger partial charge on any atom is -0.331 e. The van der Waals surface area contributed by atoms with Gasteiger partial charge in [0.2, 0.25) is 0 Å². The molecule has 3 heteroatoms. The van der Waals surface area contributed by atoms with Crippen molar-refractivity contribution in [1.82, 2.24) is 0 Å². The van der Waals surface area contributed by atoms with Crippen LogP contribution in [-0.2, 0) is 14.2 Å². The van der Waals surface area contributed by atoms with Crippen LogP contribution < -0.4 is 0 Å². The molecule has 0 N–H and O–H groups in total. The lowest BCUT2D eigenvalue weighted by molar-refractivity contribution is -0.372. The molecular weight excluding hydrogens is 264 g/mol. The molecule has 0 aromatic heterocycles. The summed E-state index contributed by atoms with van der Waals surface area (Å²) in [4.78, 5) is 0. The van der Waals surface area contributed by atoms with Gasteiger partial charge in [0.1, 0.15) is 0 Å². The van der Waals surface area contributed by atoms with Gasteiger partial charge in [-0.1, -0.05) is 51.5 Å². The lowest BCUT2D eigenvalue weighted by atomic mass is 10.1. The Morgan fingerprint density at radius 2 is 1.29 bits per heavy atom. The van der Waals surface area contributed by atoms with E-state index < -0.39 is 5.97 Å². The number of hydrogen-bond donors (Lipinski definition) is 0. The molecule has 0 radical (unpaired) electrons. The normalized spacial score (nSPS) is 10.9. The van der Waals surface area contributed by atoms with Gasteiger partial charge in [0, 0.05) is 26.7 Å². The average molecular weight is 302 g/mol.